The minimum Gasteiger partial charge on any atom is -0.497 e. The van der Waals surface area contributed by atoms with E-state index in [0.717, 1.165) is 10.6 Å². The van der Waals surface area contributed by atoms with Gasteiger partial charge in [0.1, 0.15) is 11.8 Å². The zero-order chi connectivity index (χ0) is 20.9. The fourth-order valence-corrected chi connectivity index (χ4v) is 4.30. The topological polar surface area (TPSA) is 96.5 Å². The number of piperazine rings is 1. The van der Waals surface area contributed by atoms with Crippen LogP contribution >= 0.6 is 0 Å². The molecular weight excluding hydrogens is 386 g/mol. The summed E-state index contributed by atoms with van der Waals surface area (Å²) in [5.74, 6) is 0.172. The summed E-state index contributed by atoms with van der Waals surface area (Å²) in [5, 5.41) is 0. The van der Waals surface area contributed by atoms with Crippen molar-refractivity contribution in [3.8, 4) is 5.75 Å². The molecule has 1 saturated heterocycles. The molecule has 1 atom stereocenters. The summed E-state index contributed by atoms with van der Waals surface area (Å²) >= 11 is 0. The van der Waals surface area contributed by atoms with Gasteiger partial charge in [-0.3, -0.25) is 9.10 Å². The second kappa shape index (κ2) is 9.13. The molecule has 0 saturated carbocycles. The smallest absolute Gasteiger partial charge is 0.409 e. The van der Waals surface area contributed by atoms with Gasteiger partial charge in [0.25, 0.3) is 0 Å². The first kappa shape index (κ1) is 21.8. The lowest BCUT2D eigenvalue weighted by Gasteiger charge is -2.37. The van der Waals surface area contributed by atoms with E-state index in [1.807, 2.05) is 0 Å². The van der Waals surface area contributed by atoms with Crippen LogP contribution in [0.1, 0.15) is 13.8 Å². The molecule has 9 nitrogen and oxygen atoms in total. The van der Waals surface area contributed by atoms with Crippen LogP contribution in [0.5, 0.6) is 5.75 Å². The number of rotatable bonds is 6. The van der Waals surface area contributed by atoms with Gasteiger partial charge >= 0.3 is 6.09 Å². The Bertz CT molecular complexity index is 805. The molecule has 2 rings (SSSR count). The van der Waals surface area contributed by atoms with Crippen LogP contribution in [-0.4, -0.2) is 82.4 Å². The van der Waals surface area contributed by atoms with Crippen molar-refractivity contribution in [2.24, 2.45) is 0 Å². The number of hydrogen-bond acceptors (Lipinski definition) is 6. The van der Waals surface area contributed by atoms with E-state index in [4.69, 9.17) is 9.47 Å². The van der Waals surface area contributed by atoms with E-state index in [0.29, 0.717) is 44.2 Å². The van der Waals surface area contributed by atoms with Crippen molar-refractivity contribution >= 4 is 27.7 Å². The van der Waals surface area contributed by atoms with Crippen LogP contribution in [0.2, 0.25) is 0 Å². The van der Waals surface area contributed by atoms with Crippen molar-refractivity contribution < 1.29 is 27.5 Å². The first-order valence-corrected chi connectivity index (χ1v) is 10.9. The highest BCUT2D eigenvalue weighted by Crippen LogP contribution is 2.26. The van der Waals surface area contributed by atoms with Crippen molar-refractivity contribution in [2.75, 3.05) is 50.5 Å². The molecule has 1 fully saturated rings. The molecule has 1 aromatic rings. The molecule has 0 bridgehead atoms. The van der Waals surface area contributed by atoms with Gasteiger partial charge < -0.3 is 19.3 Å². The number of carbonyl (C=O) groups is 2. The van der Waals surface area contributed by atoms with Crippen LogP contribution in [0.3, 0.4) is 0 Å². The van der Waals surface area contributed by atoms with Gasteiger partial charge in [0.15, 0.2) is 0 Å². The van der Waals surface area contributed by atoms with Crippen molar-refractivity contribution in [3.05, 3.63) is 24.3 Å². The van der Waals surface area contributed by atoms with Crippen LogP contribution < -0.4 is 9.04 Å². The second-order valence-corrected chi connectivity index (χ2v) is 8.31. The summed E-state index contributed by atoms with van der Waals surface area (Å²) in [6.45, 7) is 4.90. The molecule has 1 aromatic carbocycles. The van der Waals surface area contributed by atoms with Crippen molar-refractivity contribution in [1.82, 2.24) is 9.80 Å². The SMILES string of the molecule is CCOC(=O)N1CCN(C(=O)C(C)N(c2cccc(OC)c2)S(C)(=O)=O)CC1. The van der Waals surface area contributed by atoms with Gasteiger partial charge in [-0.2, -0.15) is 0 Å². The minimum absolute atomic E-state index is 0.291. The number of ether oxygens (including phenoxy) is 2. The lowest BCUT2D eigenvalue weighted by atomic mass is 10.2. The summed E-state index contributed by atoms with van der Waals surface area (Å²) < 4.78 is 36.1. The molecule has 10 heteroatoms. The van der Waals surface area contributed by atoms with E-state index >= 15 is 0 Å². The van der Waals surface area contributed by atoms with Gasteiger partial charge in [-0.1, -0.05) is 6.07 Å². The Kier molecular flexibility index (Phi) is 7.11. The zero-order valence-corrected chi connectivity index (χ0v) is 17.4. The molecule has 1 aliphatic heterocycles. The lowest BCUT2D eigenvalue weighted by Crippen LogP contribution is -2.56. The molecule has 2 amide bonds. The highest BCUT2D eigenvalue weighted by Gasteiger charge is 2.34. The van der Waals surface area contributed by atoms with Gasteiger partial charge in [0.2, 0.25) is 15.9 Å². The number of benzene rings is 1. The van der Waals surface area contributed by atoms with Gasteiger partial charge in [-0.15, -0.1) is 0 Å². The maximum absolute atomic E-state index is 13.0. The molecule has 28 heavy (non-hydrogen) atoms. The number of amides is 2. The summed E-state index contributed by atoms with van der Waals surface area (Å²) in [4.78, 5) is 27.9. The van der Waals surface area contributed by atoms with Gasteiger partial charge in [-0.25, -0.2) is 13.2 Å². The summed E-state index contributed by atoms with van der Waals surface area (Å²) in [5.41, 5.74) is 0.354. The van der Waals surface area contributed by atoms with Gasteiger partial charge in [0.05, 0.1) is 25.7 Å². The summed E-state index contributed by atoms with van der Waals surface area (Å²) in [6, 6.07) is 5.62. The highest BCUT2D eigenvalue weighted by molar-refractivity contribution is 7.92. The Balaban J connectivity index is 2.16. The minimum atomic E-state index is -3.71. The average Bonchev–Trinajstić information content (AvgIpc) is 2.67. The van der Waals surface area contributed by atoms with Crippen molar-refractivity contribution in [1.29, 1.82) is 0 Å². The second-order valence-electron chi connectivity index (χ2n) is 6.45. The molecule has 0 radical (unpaired) electrons. The Hall–Kier alpha value is -2.49. The number of carbonyl (C=O) groups excluding carboxylic acids is 2. The van der Waals surface area contributed by atoms with Crippen molar-refractivity contribution in [3.63, 3.8) is 0 Å². The molecule has 0 N–H and O–H groups in total. The standard InChI is InChI=1S/C18H27N3O6S/c1-5-27-18(23)20-11-9-19(10-12-20)17(22)14(2)21(28(4,24)25)15-7-6-8-16(13-15)26-3/h6-8,13-14H,5,9-12H2,1-4H3. The van der Waals surface area contributed by atoms with E-state index in [9.17, 15) is 18.0 Å². The first-order valence-electron chi connectivity index (χ1n) is 9.03. The quantitative estimate of drug-likeness (QED) is 0.694. The third-order valence-electron chi connectivity index (χ3n) is 4.49. The molecule has 1 aliphatic rings. The fourth-order valence-electron chi connectivity index (χ4n) is 3.14. The Morgan fingerprint density at radius 3 is 2.32 bits per heavy atom. The van der Waals surface area contributed by atoms with Crippen LogP contribution in [-0.2, 0) is 19.6 Å². The van der Waals surface area contributed by atoms with E-state index < -0.39 is 22.2 Å². The number of sulfonamides is 1. The van der Waals surface area contributed by atoms with Crippen LogP contribution in [0.25, 0.3) is 0 Å². The maximum Gasteiger partial charge on any atom is 0.409 e. The number of hydrogen-bond donors (Lipinski definition) is 0. The van der Waals surface area contributed by atoms with E-state index in [-0.39, 0.29) is 5.91 Å². The predicted molar refractivity (Wildman–Crippen MR) is 105 cm³/mol. The molecule has 0 spiro atoms. The fraction of sp³-hybridized carbons (Fsp3) is 0.556. The lowest BCUT2D eigenvalue weighted by molar-refractivity contribution is -0.133. The average molecular weight is 413 g/mol. The maximum atomic E-state index is 13.0. The van der Waals surface area contributed by atoms with Crippen LogP contribution in [0, 0.1) is 0 Å². The first-order chi connectivity index (χ1) is 13.2. The number of methoxy groups -OCH3 is 1. The highest BCUT2D eigenvalue weighted by atomic mass is 32.2. The monoisotopic (exact) mass is 413 g/mol. The third kappa shape index (κ3) is 5.06. The van der Waals surface area contributed by atoms with E-state index in [2.05, 4.69) is 0 Å². The molecular formula is C18H27N3O6S. The van der Waals surface area contributed by atoms with Gasteiger partial charge in [0, 0.05) is 32.2 Å². The van der Waals surface area contributed by atoms with E-state index in [1.54, 1.807) is 43.0 Å². The molecule has 1 unspecified atom stereocenters. The van der Waals surface area contributed by atoms with E-state index in [1.165, 1.54) is 12.0 Å². The van der Waals surface area contributed by atoms with Crippen molar-refractivity contribution in [2.45, 2.75) is 19.9 Å². The molecule has 1 heterocycles. The Morgan fingerprint density at radius 1 is 1.18 bits per heavy atom. The zero-order valence-electron chi connectivity index (χ0n) is 16.6. The molecule has 0 aliphatic carbocycles. The van der Waals surface area contributed by atoms with Crippen LogP contribution in [0.4, 0.5) is 10.5 Å². The predicted octanol–water partition coefficient (Wildman–Crippen LogP) is 1.15. The Labute approximate surface area is 165 Å². The summed E-state index contributed by atoms with van der Waals surface area (Å²) in [6.07, 6.45) is 0.659. The summed E-state index contributed by atoms with van der Waals surface area (Å²) in [7, 11) is -2.22. The van der Waals surface area contributed by atoms with Crippen LogP contribution in [0.15, 0.2) is 24.3 Å². The number of anilines is 1. The van der Waals surface area contributed by atoms with Gasteiger partial charge in [-0.05, 0) is 26.0 Å². The normalized spacial score (nSPS) is 15.7. The largest absolute Gasteiger partial charge is 0.497 e. The Morgan fingerprint density at radius 2 is 1.79 bits per heavy atom. The third-order valence-corrected chi connectivity index (χ3v) is 5.73. The molecule has 0 aromatic heterocycles. The number of nitrogens with zero attached hydrogens (tertiary/aromatic N) is 3. The molecule has 156 valence electrons.